The lowest BCUT2D eigenvalue weighted by atomic mass is 9.60. The molecule has 22 heteroatoms. The molecule has 21 nitrogen and oxygen atoms in total. The molecule has 3 aromatic rings. The number of nitrogens with one attached hydrogen (secondary N) is 5. The van der Waals surface area contributed by atoms with E-state index in [0.29, 0.717) is 70.1 Å². The highest BCUT2D eigenvalue weighted by atomic mass is 32.2. The van der Waals surface area contributed by atoms with Crippen LogP contribution >= 0.6 is 11.8 Å². The van der Waals surface area contributed by atoms with E-state index < -0.39 is 74.5 Å². The summed E-state index contributed by atoms with van der Waals surface area (Å²) < 4.78 is 36.6. The minimum atomic E-state index is -2.38. The van der Waals surface area contributed by atoms with Crippen LogP contribution in [0.15, 0.2) is 72.8 Å². The fourth-order valence-electron chi connectivity index (χ4n) is 12.1. The number of rotatable bonds is 34. The van der Waals surface area contributed by atoms with Crippen LogP contribution < -0.4 is 36.2 Å². The van der Waals surface area contributed by atoms with Crippen molar-refractivity contribution in [3.63, 3.8) is 0 Å². The second-order valence-electron chi connectivity index (χ2n) is 24.8. The average Bonchev–Trinajstić information content (AvgIpc) is 1.50. The number of nitro benzene ring substituents is 1. The largest absolute Gasteiger partial charge is 0.484 e. The van der Waals surface area contributed by atoms with Crippen molar-refractivity contribution in [3.8, 4) is 11.5 Å². The van der Waals surface area contributed by atoms with Crippen LogP contribution in [0.5, 0.6) is 11.5 Å². The first kappa shape index (κ1) is 68.4. The van der Waals surface area contributed by atoms with E-state index in [9.17, 15) is 39.2 Å². The fourth-order valence-corrected chi connectivity index (χ4v) is 13.6. The van der Waals surface area contributed by atoms with Crippen molar-refractivity contribution in [2.24, 2.45) is 28.6 Å². The van der Waals surface area contributed by atoms with E-state index in [-0.39, 0.29) is 77.8 Å². The second-order valence-corrected chi connectivity index (χ2v) is 26.1. The van der Waals surface area contributed by atoms with Gasteiger partial charge in [0.25, 0.3) is 23.3 Å². The van der Waals surface area contributed by atoms with Gasteiger partial charge in [-0.3, -0.25) is 29.3 Å². The summed E-state index contributed by atoms with van der Waals surface area (Å²) in [7, 11) is 0. The summed E-state index contributed by atoms with van der Waals surface area (Å²) in [6.45, 7) is 26.0. The first-order chi connectivity index (χ1) is 40.1. The van der Waals surface area contributed by atoms with Crippen molar-refractivity contribution in [2.45, 2.75) is 175 Å². The number of hydroxylamine groups is 1. The van der Waals surface area contributed by atoms with Crippen LogP contribution in [0.3, 0.4) is 0 Å². The first-order valence-electron chi connectivity index (χ1n) is 29.8. The van der Waals surface area contributed by atoms with Gasteiger partial charge in [0.2, 0.25) is 5.91 Å². The number of ether oxygens (including phenoxy) is 6. The molecule has 3 aromatic carbocycles. The molecule has 0 bridgehead atoms. The number of hydrogen-bond donors (Lipinski definition) is 6. The van der Waals surface area contributed by atoms with Crippen LogP contribution in [0.25, 0.3) is 0 Å². The second kappa shape index (κ2) is 29.8. The van der Waals surface area contributed by atoms with E-state index in [1.165, 1.54) is 13.0 Å². The number of carboxylic acids is 1. The number of carbonyl (C=O) groups excluding carboxylic acids is 4. The monoisotopic (exact) mass is 1200 g/mol. The summed E-state index contributed by atoms with van der Waals surface area (Å²) >= 11 is 1.13. The lowest BCUT2D eigenvalue weighted by Gasteiger charge is -2.57. The predicted molar refractivity (Wildman–Crippen MR) is 323 cm³/mol. The highest BCUT2D eigenvalue weighted by molar-refractivity contribution is 8.14. The van der Waals surface area contributed by atoms with Gasteiger partial charge in [-0.2, -0.15) is 5.48 Å². The number of hydrogen-bond acceptors (Lipinski definition) is 17. The first-order valence-corrected chi connectivity index (χ1v) is 30.7. The Bertz CT molecular complexity index is 2750. The maximum atomic E-state index is 14.3. The van der Waals surface area contributed by atoms with E-state index >= 15 is 0 Å². The van der Waals surface area contributed by atoms with Crippen LogP contribution in [-0.2, 0) is 60.6 Å². The Kier molecular flexibility index (Phi) is 24.0. The van der Waals surface area contributed by atoms with Gasteiger partial charge in [-0.25, -0.2) is 4.79 Å². The molecule has 6 rings (SSSR count). The SMILES string of the molecule is CCONC(C)C(=O)NC1C(Cc2ccc(OCC(=O)NCCC(C)(C)OCC)cc2)C12C(Cc1ccc(OCC(=O)NCCC(C)(C)OCC)cc1)C(N[C@@H](CC(C)C)C1(C(=O)O)OCC(C)(C)C(c3ccccc3[N+](=O)[O-])O1)C2SC(C)=O. The molecule has 2 aliphatic carbocycles. The molecule has 1 saturated heterocycles. The van der Waals surface area contributed by atoms with Gasteiger partial charge in [0.1, 0.15) is 23.6 Å². The summed E-state index contributed by atoms with van der Waals surface area (Å²) in [6.07, 6.45) is 1.17. The van der Waals surface area contributed by atoms with Gasteiger partial charge >= 0.3 is 5.97 Å². The van der Waals surface area contributed by atoms with Gasteiger partial charge in [0, 0.05) is 67.5 Å². The van der Waals surface area contributed by atoms with Crippen LogP contribution in [0.2, 0.25) is 0 Å². The zero-order valence-electron chi connectivity index (χ0n) is 51.8. The molecule has 6 N–H and O–H groups in total. The molecule has 2 saturated carbocycles. The minimum Gasteiger partial charge on any atom is -0.484 e. The molecule has 3 aliphatic rings. The van der Waals surface area contributed by atoms with E-state index in [1.807, 2.05) is 93.5 Å². The van der Waals surface area contributed by atoms with Gasteiger partial charge in [-0.15, -0.1) is 0 Å². The highest BCUT2D eigenvalue weighted by Crippen LogP contribution is 2.73. The summed E-state index contributed by atoms with van der Waals surface area (Å²) in [4.78, 5) is 85.4. The molecule has 1 aliphatic heterocycles. The topological polar surface area (TPSA) is 273 Å². The number of nitro groups is 1. The molecular formula is C63H92N6O15S. The molecule has 9 unspecified atom stereocenters. The van der Waals surface area contributed by atoms with Crippen LogP contribution in [0.4, 0.5) is 5.69 Å². The Morgan fingerprint density at radius 1 is 0.788 bits per heavy atom. The number of aliphatic carboxylic acids is 1. The Morgan fingerprint density at radius 3 is 1.80 bits per heavy atom. The average molecular weight is 1210 g/mol. The van der Waals surface area contributed by atoms with Crippen molar-refractivity contribution in [1.82, 2.24) is 26.7 Å². The third kappa shape index (κ3) is 17.5. The van der Waals surface area contributed by atoms with Crippen molar-refractivity contribution < 1.29 is 67.3 Å². The number of benzene rings is 3. The molecule has 3 fully saturated rings. The van der Waals surface area contributed by atoms with Gasteiger partial charge < -0.3 is 59.6 Å². The molecule has 470 valence electrons. The van der Waals surface area contributed by atoms with Gasteiger partial charge in [-0.1, -0.05) is 75.9 Å². The van der Waals surface area contributed by atoms with E-state index in [0.717, 1.165) is 22.9 Å². The maximum absolute atomic E-state index is 14.3. The Hall–Kier alpha value is -5.72. The van der Waals surface area contributed by atoms with Crippen LogP contribution in [0, 0.1) is 38.7 Å². The normalized spacial score (nSPS) is 24.2. The van der Waals surface area contributed by atoms with Crippen molar-refractivity contribution in [1.29, 1.82) is 0 Å². The van der Waals surface area contributed by atoms with Crippen molar-refractivity contribution in [3.05, 3.63) is 99.6 Å². The molecule has 85 heavy (non-hydrogen) atoms. The zero-order valence-corrected chi connectivity index (χ0v) is 52.7. The fraction of sp³-hybridized carbons (Fsp3) is 0.635. The number of carboxylic acid groups (broad SMARTS) is 1. The van der Waals surface area contributed by atoms with Gasteiger partial charge in [-0.05, 0) is 147 Å². The third-order valence-corrected chi connectivity index (χ3v) is 17.6. The van der Waals surface area contributed by atoms with Crippen LogP contribution in [-0.4, -0.2) is 138 Å². The summed E-state index contributed by atoms with van der Waals surface area (Å²) in [5.74, 6) is -4.57. The minimum absolute atomic E-state index is 0.132. The molecule has 10 atom stereocenters. The number of nitrogens with zero attached hydrogens (tertiary/aromatic N) is 1. The number of carbonyl (C=O) groups is 5. The van der Waals surface area contributed by atoms with Crippen molar-refractivity contribution >= 4 is 46.3 Å². The molecule has 0 aromatic heterocycles. The maximum Gasteiger partial charge on any atom is 0.366 e. The lowest BCUT2D eigenvalue weighted by molar-refractivity contribution is -0.389. The number of amides is 3. The number of thioether (sulfide) groups is 1. The van der Waals surface area contributed by atoms with Gasteiger partial charge in [0.15, 0.2) is 18.3 Å². The van der Waals surface area contributed by atoms with Crippen LogP contribution in [0.1, 0.15) is 132 Å². The van der Waals surface area contributed by atoms with Gasteiger partial charge in [0.05, 0.1) is 40.9 Å². The van der Waals surface area contributed by atoms with E-state index in [4.69, 9.17) is 33.3 Å². The van der Waals surface area contributed by atoms with Crippen molar-refractivity contribution in [2.75, 3.05) is 52.7 Å². The standard InChI is InChI=1S/C63H92N6O15S/c1-14-80-60(10,11)29-31-64-51(71)36-78-44-25-21-42(22-26-44)34-47-53(66-50(33-39(4)5)63(58(74)75)82-38-59(8,9)55(84-63)46-19-17-18-20-49(46)69(76)77)56(85-41(7)70)62(47)48(54(62)67-57(73)40(6)68-83-16-3)35-43-23-27-45(28-24-43)79-37-52(72)65-32-30-61(12,13)81-15-2/h17-28,39-40,47-48,50,53-56,66,68H,14-16,29-38H2,1-13H3,(H,64,71)(H,65,72)(H,67,73)(H,74,75)/t40?,47?,48?,50-,53?,54?,55?,56?,62?,63?/m0/s1. The number of para-hydroxylation sites is 1. The predicted octanol–water partition coefficient (Wildman–Crippen LogP) is 8.06. The molecule has 1 heterocycles. The Balaban J connectivity index is 1.38. The zero-order chi connectivity index (χ0) is 62.5. The smallest absolute Gasteiger partial charge is 0.366 e. The lowest BCUT2D eigenvalue weighted by Crippen LogP contribution is -2.72. The van der Waals surface area contributed by atoms with E-state index in [2.05, 4.69) is 26.7 Å². The summed E-state index contributed by atoms with van der Waals surface area (Å²) in [5, 5.41) is 36.2. The molecular weight excluding hydrogens is 1110 g/mol. The summed E-state index contributed by atoms with van der Waals surface area (Å²) in [6, 6.07) is 18.0. The molecule has 1 spiro atoms. The highest BCUT2D eigenvalue weighted by Gasteiger charge is 2.81. The quantitative estimate of drug-likeness (QED) is 0.0244. The Labute approximate surface area is 505 Å². The third-order valence-electron chi connectivity index (χ3n) is 16.4. The molecule has 0 radical (unpaired) electrons. The Morgan fingerprint density at radius 2 is 1.32 bits per heavy atom. The summed E-state index contributed by atoms with van der Waals surface area (Å²) in [5.41, 5.74) is 2.06. The van der Waals surface area contributed by atoms with E-state index in [1.54, 1.807) is 56.3 Å². The molecule has 3 amide bonds.